The van der Waals surface area contributed by atoms with Crippen LogP contribution in [-0.4, -0.2) is 21.8 Å². The van der Waals surface area contributed by atoms with Crippen molar-refractivity contribution in [2.24, 2.45) is 0 Å². The number of amides is 1. The van der Waals surface area contributed by atoms with Crippen LogP contribution in [0.3, 0.4) is 0 Å². The fourth-order valence-corrected chi connectivity index (χ4v) is 5.70. The second kappa shape index (κ2) is 9.87. The van der Waals surface area contributed by atoms with E-state index in [-0.39, 0.29) is 12.5 Å². The average molecular weight is 492 g/mol. The molecule has 0 aliphatic rings. The summed E-state index contributed by atoms with van der Waals surface area (Å²) in [5.74, 6) is -0.554. The summed E-state index contributed by atoms with van der Waals surface area (Å²) >= 11 is 2.66. The van der Waals surface area contributed by atoms with E-state index in [0.29, 0.717) is 21.4 Å². The van der Waals surface area contributed by atoms with Crippen LogP contribution in [0.1, 0.15) is 44.7 Å². The summed E-state index contributed by atoms with van der Waals surface area (Å²) in [6.45, 7) is 9.36. The quantitative estimate of drug-likeness (QED) is 0.286. The minimum atomic E-state index is -0.430. The van der Waals surface area contributed by atoms with Gasteiger partial charge in [0, 0.05) is 17.9 Å². The zero-order valence-electron chi connectivity index (χ0n) is 19.7. The number of carbonyl (C=O) groups is 2. The molecule has 2 heterocycles. The second-order valence-electron chi connectivity index (χ2n) is 8.10. The molecule has 0 saturated heterocycles. The molecule has 0 aliphatic heterocycles. The van der Waals surface area contributed by atoms with E-state index in [2.05, 4.69) is 22.1 Å². The molecular weight excluding hydrogens is 466 g/mol. The minimum absolute atomic E-state index is 0.0188. The third kappa shape index (κ3) is 4.93. The van der Waals surface area contributed by atoms with Crippen molar-refractivity contribution in [3.8, 4) is 10.6 Å². The number of esters is 1. The SMILES string of the molecule is CC(=O)N(c1nc(COC(=O)c2sc(-c3ccccc3)nc2C)cs1)c1c(C)cc(C)cc1C. The molecule has 4 rings (SSSR count). The van der Waals surface area contributed by atoms with E-state index >= 15 is 0 Å². The van der Waals surface area contributed by atoms with Crippen LogP contribution >= 0.6 is 22.7 Å². The highest BCUT2D eigenvalue weighted by Gasteiger charge is 2.23. The van der Waals surface area contributed by atoms with Gasteiger partial charge in [-0.25, -0.2) is 14.8 Å². The fourth-order valence-electron chi connectivity index (χ4n) is 3.87. The number of ether oxygens (including phenoxy) is 1. The maximum absolute atomic E-state index is 12.7. The van der Waals surface area contributed by atoms with Gasteiger partial charge in [-0.3, -0.25) is 9.69 Å². The van der Waals surface area contributed by atoms with Crippen LogP contribution in [-0.2, 0) is 16.1 Å². The molecule has 0 fully saturated rings. The first-order valence-corrected chi connectivity index (χ1v) is 12.5. The summed E-state index contributed by atoms with van der Waals surface area (Å²) in [6.07, 6.45) is 0. The molecule has 0 bridgehead atoms. The van der Waals surface area contributed by atoms with Crippen LogP contribution in [0.25, 0.3) is 10.6 Å². The summed E-state index contributed by atoms with van der Waals surface area (Å²) in [5.41, 5.74) is 6.18. The van der Waals surface area contributed by atoms with Crippen LogP contribution in [0.5, 0.6) is 0 Å². The molecule has 0 radical (unpaired) electrons. The predicted molar refractivity (Wildman–Crippen MR) is 137 cm³/mol. The Bertz CT molecular complexity index is 1340. The summed E-state index contributed by atoms with van der Waals surface area (Å²) in [6, 6.07) is 13.8. The van der Waals surface area contributed by atoms with Crippen LogP contribution in [0.2, 0.25) is 0 Å². The highest BCUT2D eigenvalue weighted by atomic mass is 32.1. The smallest absolute Gasteiger partial charge is 0.350 e. The van der Waals surface area contributed by atoms with E-state index in [4.69, 9.17) is 4.74 Å². The standard InChI is InChI=1S/C26H25N3O3S2/c1-15-11-16(2)22(17(3)12-15)29(19(5)30)26-28-21(14-33-26)13-32-25(31)23-18(4)27-24(34-23)20-9-7-6-8-10-20/h6-12,14H,13H2,1-5H3. The molecular formula is C26H25N3O3S2. The van der Waals surface area contributed by atoms with Crippen molar-refractivity contribution in [1.82, 2.24) is 9.97 Å². The van der Waals surface area contributed by atoms with Gasteiger partial charge in [-0.15, -0.1) is 22.7 Å². The minimum Gasteiger partial charge on any atom is -0.455 e. The van der Waals surface area contributed by atoms with Gasteiger partial charge in [0.25, 0.3) is 0 Å². The molecule has 0 spiro atoms. The number of thiazole rings is 2. The van der Waals surface area contributed by atoms with Crippen LogP contribution in [0, 0.1) is 27.7 Å². The highest BCUT2D eigenvalue weighted by Crippen LogP contribution is 2.35. The maximum Gasteiger partial charge on any atom is 0.350 e. The second-order valence-corrected chi connectivity index (χ2v) is 9.93. The normalized spacial score (nSPS) is 10.9. The van der Waals surface area contributed by atoms with Crippen LogP contribution in [0.15, 0.2) is 47.8 Å². The number of hydrogen-bond donors (Lipinski definition) is 0. The number of hydrogen-bond acceptors (Lipinski definition) is 7. The first-order valence-electron chi connectivity index (χ1n) is 10.8. The van der Waals surface area contributed by atoms with Gasteiger partial charge in [0.15, 0.2) is 5.13 Å². The number of anilines is 2. The van der Waals surface area contributed by atoms with Crippen molar-refractivity contribution in [1.29, 1.82) is 0 Å². The van der Waals surface area contributed by atoms with Gasteiger partial charge in [-0.2, -0.15) is 0 Å². The Morgan fingerprint density at radius 1 is 1.00 bits per heavy atom. The van der Waals surface area contributed by atoms with Crippen molar-refractivity contribution in [2.75, 3.05) is 4.90 Å². The Morgan fingerprint density at radius 3 is 2.32 bits per heavy atom. The molecule has 0 unspecified atom stereocenters. The van der Waals surface area contributed by atoms with Crippen molar-refractivity contribution < 1.29 is 14.3 Å². The number of aryl methyl sites for hydroxylation is 4. The van der Waals surface area contributed by atoms with Gasteiger partial charge in [-0.1, -0.05) is 48.0 Å². The molecule has 8 heteroatoms. The molecule has 2 aromatic heterocycles. The molecule has 0 N–H and O–H groups in total. The number of benzene rings is 2. The highest BCUT2D eigenvalue weighted by molar-refractivity contribution is 7.17. The largest absolute Gasteiger partial charge is 0.455 e. The number of aromatic nitrogens is 2. The number of rotatable bonds is 6. The molecule has 6 nitrogen and oxygen atoms in total. The average Bonchev–Trinajstić information content (AvgIpc) is 3.41. The first kappa shape index (κ1) is 23.8. The Balaban J connectivity index is 1.51. The summed E-state index contributed by atoms with van der Waals surface area (Å²) in [4.78, 5) is 36.5. The Kier molecular flexibility index (Phi) is 6.90. The van der Waals surface area contributed by atoms with Gasteiger partial charge in [0.1, 0.15) is 16.5 Å². The topological polar surface area (TPSA) is 72.4 Å². The molecule has 0 saturated carbocycles. The number of nitrogens with zero attached hydrogens (tertiary/aromatic N) is 3. The molecule has 0 aliphatic carbocycles. The van der Waals surface area contributed by atoms with Gasteiger partial charge >= 0.3 is 5.97 Å². The Labute approximate surface area is 206 Å². The van der Waals surface area contributed by atoms with E-state index in [1.807, 2.05) is 56.5 Å². The molecule has 0 atom stereocenters. The first-order chi connectivity index (χ1) is 16.2. The van der Waals surface area contributed by atoms with Gasteiger partial charge in [0.2, 0.25) is 5.91 Å². The van der Waals surface area contributed by atoms with Crippen LogP contribution in [0.4, 0.5) is 10.8 Å². The molecule has 2 aromatic carbocycles. The lowest BCUT2D eigenvalue weighted by molar-refractivity contribution is -0.115. The van der Waals surface area contributed by atoms with E-state index < -0.39 is 5.97 Å². The zero-order valence-corrected chi connectivity index (χ0v) is 21.3. The van der Waals surface area contributed by atoms with Crippen molar-refractivity contribution in [2.45, 2.75) is 41.2 Å². The lowest BCUT2D eigenvalue weighted by atomic mass is 10.0. The van der Waals surface area contributed by atoms with Gasteiger partial charge < -0.3 is 4.74 Å². The number of carbonyl (C=O) groups excluding carboxylic acids is 2. The Hall–Kier alpha value is -3.36. The Morgan fingerprint density at radius 2 is 1.68 bits per heavy atom. The van der Waals surface area contributed by atoms with E-state index in [0.717, 1.165) is 32.9 Å². The van der Waals surface area contributed by atoms with Crippen molar-refractivity contribution in [3.05, 3.63) is 80.8 Å². The third-order valence-electron chi connectivity index (χ3n) is 5.26. The molecule has 1 amide bonds. The van der Waals surface area contributed by atoms with Crippen LogP contribution < -0.4 is 4.90 Å². The molecule has 34 heavy (non-hydrogen) atoms. The van der Waals surface area contributed by atoms with Gasteiger partial charge in [-0.05, 0) is 38.8 Å². The fraction of sp³-hybridized carbons (Fsp3) is 0.231. The monoisotopic (exact) mass is 491 g/mol. The summed E-state index contributed by atoms with van der Waals surface area (Å²) < 4.78 is 5.54. The lowest BCUT2D eigenvalue weighted by Crippen LogP contribution is -2.24. The van der Waals surface area contributed by atoms with E-state index in [1.165, 1.54) is 29.6 Å². The van der Waals surface area contributed by atoms with E-state index in [9.17, 15) is 9.59 Å². The van der Waals surface area contributed by atoms with Crippen molar-refractivity contribution in [3.63, 3.8) is 0 Å². The lowest BCUT2D eigenvalue weighted by Gasteiger charge is -2.23. The maximum atomic E-state index is 12.7. The van der Waals surface area contributed by atoms with E-state index in [1.54, 1.807) is 11.8 Å². The van der Waals surface area contributed by atoms with Crippen molar-refractivity contribution >= 4 is 45.4 Å². The molecule has 4 aromatic rings. The summed E-state index contributed by atoms with van der Waals surface area (Å²) in [5, 5.41) is 3.14. The van der Waals surface area contributed by atoms with Gasteiger partial charge in [0.05, 0.1) is 17.1 Å². The third-order valence-corrected chi connectivity index (χ3v) is 7.32. The zero-order chi connectivity index (χ0) is 24.4. The predicted octanol–water partition coefficient (Wildman–Crippen LogP) is 6.54. The molecule has 174 valence electrons. The summed E-state index contributed by atoms with van der Waals surface area (Å²) in [7, 11) is 0.